The fourth-order valence-corrected chi connectivity index (χ4v) is 3.30. The molecule has 3 heteroatoms. The first-order valence-corrected chi connectivity index (χ1v) is 7.87. The number of likely N-dealkylation sites (tertiary alicyclic amines) is 1. The van der Waals surface area contributed by atoms with Gasteiger partial charge in [0.05, 0.1) is 0 Å². The third-order valence-electron chi connectivity index (χ3n) is 4.09. The standard InChI is InChI=1S/C17H29N3/c1-13(2)12-20-9-7-6-8-16(20)15-10-14(3)17(18-11-15)19(4)5/h10-11,13,16H,6-9,12H2,1-5H3/t16-/m1/s1. The number of pyridine rings is 1. The molecule has 0 unspecified atom stereocenters. The van der Waals surface area contributed by atoms with Crippen molar-refractivity contribution in [1.29, 1.82) is 0 Å². The van der Waals surface area contributed by atoms with Crippen molar-refractivity contribution in [2.75, 3.05) is 32.1 Å². The maximum atomic E-state index is 4.67. The second kappa shape index (κ2) is 6.57. The molecule has 2 rings (SSSR count). The van der Waals surface area contributed by atoms with Gasteiger partial charge in [-0.25, -0.2) is 4.98 Å². The van der Waals surface area contributed by atoms with Crippen LogP contribution in [0.15, 0.2) is 12.3 Å². The summed E-state index contributed by atoms with van der Waals surface area (Å²) in [4.78, 5) is 9.41. The summed E-state index contributed by atoms with van der Waals surface area (Å²) >= 11 is 0. The topological polar surface area (TPSA) is 19.4 Å². The summed E-state index contributed by atoms with van der Waals surface area (Å²) < 4.78 is 0. The zero-order valence-electron chi connectivity index (χ0n) is 13.7. The number of piperidine rings is 1. The monoisotopic (exact) mass is 275 g/mol. The van der Waals surface area contributed by atoms with Gasteiger partial charge >= 0.3 is 0 Å². The SMILES string of the molecule is Cc1cc([C@H]2CCCCN2CC(C)C)cnc1N(C)C. The third-order valence-corrected chi connectivity index (χ3v) is 4.09. The van der Waals surface area contributed by atoms with E-state index in [1.807, 2.05) is 0 Å². The molecule has 1 aliphatic heterocycles. The van der Waals surface area contributed by atoms with Crippen LogP contribution in [0.25, 0.3) is 0 Å². The number of aryl methyl sites for hydroxylation is 1. The number of rotatable bonds is 4. The predicted octanol–water partition coefficient (Wildman–Crippen LogP) is 3.64. The average molecular weight is 275 g/mol. The van der Waals surface area contributed by atoms with E-state index in [9.17, 15) is 0 Å². The van der Waals surface area contributed by atoms with E-state index in [-0.39, 0.29) is 0 Å². The van der Waals surface area contributed by atoms with E-state index in [1.54, 1.807) is 0 Å². The molecule has 1 aliphatic rings. The van der Waals surface area contributed by atoms with Crippen molar-refractivity contribution in [3.05, 3.63) is 23.4 Å². The molecule has 0 aromatic carbocycles. The van der Waals surface area contributed by atoms with Crippen LogP contribution in [0.4, 0.5) is 5.82 Å². The molecule has 1 fully saturated rings. The van der Waals surface area contributed by atoms with Gasteiger partial charge < -0.3 is 4.90 Å². The van der Waals surface area contributed by atoms with Crippen LogP contribution < -0.4 is 4.90 Å². The van der Waals surface area contributed by atoms with Gasteiger partial charge in [-0.15, -0.1) is 0 Å². The summed E-state index contributed by atoms with van der Waals surface area (Å²) in [5.41, 5.74) is 2.68. The minimum atomic E-state index is 0.563. The van der Waals surface area contributed by atoms with Gasteiger partial charge in [-0.05, 0) is 49.4 Å². The van der Waals surface area contributed by atoms with E-state index in [1.165, 1.54) is 43.5 Å². The number of hydrogen-bond acceptors (Lipinski definition) is 3. The third kappa shape index (κ3) is 3.51. The highest BCUT2D eigenvalue weighted by Gasteiger charge is 2.25. The van der Waals surface area contributed by atoms with Crippen LogP contribution in [0, 0.1) is 12.8 Å². The van der Waals surface area contributed by atoms with Crippen LogP contribution in [0.3, 0.4) is 0 Å². The van der Waals surface area contributed by atoms with Crippen LogP contribution >= 0.6 is 0 Å². The molecule has 0 N–H and O–H groups in total. The van der Waals surface area contributed by atoms with Crippen LogP contribution in [-0.2, 0) is 0 Å². The molecule has 1 aromatic heterocycles. The van der Waals surface area contributed by atoms with Crippen molar-refractivity contribution in [1.82, 2.24) is 9.88 Å². The maximum Gasteiger partial charge on any atom is 0.130 e. The molecule has 1 atom stereocenters. The normalized spacial score (nSPS) is 20.4. The fourth-order valence-electron chi connectivity index (χ4n) is 3.30. The largest absolute Gasteiger partial charge is 0.363 e. The minimum absolute atomic E-state index is 0.563. The van der Waals surface area contributed by atoms with E-state index in [4.69, 9.17) is 0 Å². The molecular weight excluding hydrogens is 246 g/mol. The molecular formula is C17H29N3. The van der Waals surface area contributed by atoms with Crippen LogP contribution in [-0.4, -0.2) is 37.1 Å². The zero-order valence-corrected chi connectivity index (χ0v) is 13.7. The lowest BCUT2D eigenvalue weighted by Gasteiger charge is -2.37. The second-order valence-corrected chi connectivity index (χ2v) is 6.70. The Morgan fingerprint density at radius 1 is 1.35 bits per heavy atom. The Labute approximate surface area is 124 Å². The van der Waals surface area contributed by atoms with Gasteiger partial charge in [-0.3, -0.25) is 4.90 Å². The summed E-state index contributed by atoms with van der Waals surface area (Å²) in [5.74, 6) is 1.81. The van der Waals surface area contributed by atoms with E-state index < -0.39 is 0 Å². The molecule has 0 saturated carbocycles. The molecule has 0 amide bonds. The maximum absolute atomic E-state index is 4.67. The van der Waals surface area contributed by atoms with Gasteiger partial charge in [-0.1, -0.05) is 20.3 Å². The summed E-state index contributed by atoms with van der Waals surface area (Å²) in [6, 6.07) is 2.90. The minimum Gasteiger partial charge on any atom is -0.363 e. The van der Waals surface area contributed by atoms with Crippen LogP contribution in [0.1, 0.15) is 50.3 Å². The lowest BCUT2D eigenvalue weighted by molar-refractivity contribution is 0.132. The van der Waals surface area contributed by atoms with Crippen molar-refractivity contribution in [2.45, 2.75) is 46.1 Å². The Kier molecular flexibility index (Phi) is 5.03. The van der Waals surface area contributed by atoms with Crippen LogP contribution in [0.2, 0.25) is 0 Å². The average Bonchev–Trinajstić information content (AvgIpc) is 2.38. The molecule has 3 nitrogen and oxygen atoms in total. The Bertz CT molecular complexity index is 440. The van der Waals surface area contributed by atoms with Crippen molar-refractivity contribution < 1.29 is 0 Å². The van der Waals surface area contributed by atoms with Gasteiger partial charge in [0.15, 0.2) is 0 Å². The molecule has 1 aromatic rings. The smallest absolute Gasteiger partial charge is 0.130 e. The first kappa shape index (κ1) is 15.3. The van der Waals surface area contributed by atoms with Crippen molar-refractivity contribution >= 4 is 5.82 Å². The summed E-state index contributed by atoms with van der Waals surface area (Å²) in [5, 5.41) is 0. The Hall–Kier alpha value is -1.09. The highest BCUT2D eigenvalue weighted by atomic mass is 15.2. The summed E-state index contributed by atoms with van der Waals surface area (Å²) in [7, 11) is 4.11. The molecule has 112 valence electrons. The van der Waals surface area contributed by atoms with E-state index in [0.717, 1.165) is 11.7 Å². The van der Waals surface area contributed by atoms with Gasteiger partial charge in [0.25, 0.3) is 0 Å². The van der Waals surface area contributed by atoms with Gasteiger partial charge in [0, 0.05) is 32.9 Å². The molecule has 2 heterocycles. The number of anilines is 1. The van der Waals surface area contributed by atoms with Crippen LogP contribution in [0.5, 0.6) is 0 Å². The van der Waals surface area contributed by atoms with Gasteiger partial charge in [-0.2, -0.15) is 0 Å². The van der Waals surface area contributed by atoms with Crippen molar-refractivity contribution in [2.24, 2.45) is 5.92 Å². The fraction of sp³-hybridized carbons (Fsp3) is 0.706. The van der Waals surface area contributed by atoms with Gasteiger partial charge in [0.1, 0.15) is 5.82 Å². The molecule has 0 spiro atoms. The van der Waals surface area contributed by atoms with Crippen molar-refractivity contribution in [3.8, 4) is 0 Å². The zero-order chi connectivity index (χ0) is 14.7. The lowest BCUT2D eigenvalue weighted by atomic mass is 9.94. The first-order valence-electron chi connectivity index (χ1n) is 7.87. The van der Waals surface area contributed by atoms with Crippen molar-refractivity contribution in [3.63, 3.8) is 0 Å². The Morgan fingerprint density at radius 2 is 2.10 bits per heavy atom. The molecule has 1 saturated heterocycles. The number of aromatic nitrogens is 1. The van der Waals surface area contributed by atoms with E-state index in [0.29, 0.717) is 6.04 Å². The lowest BCUT2D eigenvalue weighted by Crippen LogP contribution is -2.36. The highest BCUT2D eigenvalue weighted by molar-refractivity contribution is 5.46. The predicted molar refractivity (Wildman–Crippen MR) is 86.3 cm³/mol. The summed E-state index contributed by atoms with van der Waals surface area (Å²) in [6.07, 6.45) is 6.04. The second-order valence-electron chi connectivity index (χ2n) is 6.70. The molecule has 0 bridgehead atoms. The van der Waals surface area contributed by atoms with E-state index >= 15 is 0 Å². The quantitative estimate of drug-likeness (QED) is 0.836. The van der Waals surface area contributed by atoms with Gasteiger partial charge in [0.2, 0.25) is 0 Å². The Balaban J connectivity index is 2.21. The first-order chi connectivity index (χ1) is 9.49. The molecule has 20 heavy (non-hydrogen) atoms. The Morgan fingerprint density at radius 3 is 2.70 bits per heavy atom. The highest BCUT2D eigenvalue weighted by Crippen LogP contribution is 2.32. The summed E-state index contributed by atoms with van der Waals surface area (Å²) in [6.45, 7) is 9.21. The van der Waals surface area contributed by atoms with E-state index in [2.05, 4.69) is 61.9 Å². The molecule has 0 aliphatic carbocycles. The molecule has 0 radical (unpaired) electrons. The number of hydrogen-bond donors (Lipinski definition) is 0. The number of nitrogens with zero attached hydrogens (tertiary/aromatic N) is 3.